The van der Waals surface area contributed by atoms with Gasteiger partial charge >= 0.3 is 15.4 Å². The molecule has 0 unspecified atom stereocenters. The van der Waals surface area contributed by atoms with E-state index in [-0.39, 0.29) is 47.6 Å². The quantitative estimate of drug-likeness (QED) is 0.124. The van der Waals surface area contributed by atoms with E-state index in [0.29, 0.717) is 28.3 Å². The molecule has 0 aromatic carbocycles. The fraction of sp³-hybridized carbons (Fsp3) is 0.676. The smallest absolute Gasteiger partial charge is 0.398 e. The molecule has 6 rings (SSSR count). The third-order valence-electron chi connectivity index (χ3n) is 13.0. The average molecular weight is 921 g/mol. The highest BCUT2D eigenvalue weighted by Crippen LogP contribution is 2.57. The van der Waals surface area contributed by atoms with E-state index < -0.39 is 47.7 Å². The molecule has 2 aromatic heterocycles. The number of nitrogens with zero attached hydrogens (tertiary/aromatic N) is 6. The van der Waals surface area contributed by atoms with Crippen molar-refractivity contribution < 1.29 is 33.5 Å². The summed E-state index contributed by atoms with van der Waals surface area (Å²) in [5, 5.41) is 13.5. The lowest BCUT2D eigenvalue weighted by atomic mass is 9.83. The van der Waals surface area contributed by atoms with E-state index in [2.05, 4.69) is 60.1 Å². The first kappa shape index (κ1) is 46.1. The van der Waals surface area contributed by atoms with E-state index in [9.17, 15) is 28.8 Å². The van der Waals surface area contributed by atoms with Crippen molar-refractivity contribution in [3.63, 3.8) is 0 Å². The van der Waals surface area contributed by atoms with E-state index in [1.807, 2.05) is 13.8 Å². The molecular formula is C37H54Cl4N8O7Si2. The molecule has 2 N–H and O–H groups in total. The maximum atomic E-state index is 13.4. The predicted molar refractivity (Wildman–Crippen MR) is 229 cm³/mol. The van der Waals surface area contributed by atoms with E-state index in [1.54, 1.807) is 13.8 Å². The molecule has 2 aliphatic carbocycles. The van der Waals surface area contributed by atoms with Gasteiger partial charge in [-0.3, -0.25) is 28.9 Å². The molecule has 2 aromatic rings. The lowest BCUT2D eigenvalue weighted by molar-refractivity contribution is -0.122. The molecular weight excluding hydrogens is 866 g/mol. The van der Waals surface area contributed by atoms with Gasteiger partial charge in [-0.15, -0.1) is 0 Å². The summed E-state index contributed by atoms with van der Waals surface area (Å²) in [6, 6.07) is 0. The molecule has 2 saturated carbocycles. The molecule has 15 nitrogen and oxygen atoms in total. The van der Waals surface area contributed by atoms with Gasteiger partial charge in [-0.1, -0.05) is 52.1 Å². The summed E-state index contributed by atoms with van der Waals surface area (Å²) in [4.78, 5) is 78.4. The van der Waals surface area contributed by atoms with Gasteiger partial charge in [0.05, 0.1) is 51.7 Å². The number of hydrogen-bond donors (Lipinski definition) is 2. The third-order valence-corrected chi connectivity index (χ3v) is 20.6. The Morgan fingerprint density at radius 2 is 1.00 bits per heavy atom. The Bertz CT molecular complexity index is 2070. The number of carbonyl (C=O) groups excluding carboxylic acids is 6. The van der Waals surface area contributed by atoms with Crippen LogP contribution >= 0.6 is 46.4 Å². The highest BCUT2D eigenvalue weighted by atomic mass is 35.6. The minimum atomic E-state index is -2.21. The summed E-state index contributed by atoms with van der Waals surface area (Å²) < 4.78 is 5.11. The molecule has 58 heavy (non-hydrogen) atoms. The summed E-state index contributed by atoms with van der Waals surface area (Å²) in [7, 11) is -3.60. The van der Waals surface area contributed by atoms with E-state index in [0.717, 1.165) is 38.5 Å². The van der Waals surface area contributed by atoms with Crippen LogP contribution < -0.4 is 10.6 Å². The summed E-state index contributed by atoms with van der Waals surface area (Å²) in [6.45, 7) is 23.3. The summed E-state index contributed by atoms with van der Waals surface area (Å²) in [5.41, 5.74) is 0.631. The molecule has 0 bridgehead atoms. The zero-order chi connectivity index (χ0) is 43.9. The van der Waals surface area contributed by atoms with Crippen molar-refractivity contribution in [3.8, 4) is 0 Å². The van der Waals surface area contributed by atoms with Crippen LogP contribution in [0.4, 0.5) is 21.2 Å². The minimum absolute atomic E-state index is 0.0356. The van der Waals surface area contributed by atoms with Crippen LogP contribution in [0, 0.1) is 0 Å². The number of halogens is 4. The number of anilines is 2. The molecule has 0 spiro atoms. The summed E-state index contributed by atoms with van der Waals surface area (Å²) in [5.74, 6) is -0.0916. The van der Waals surface area contributed by atoms with Crippen molar-refractivity contribution in [2.24, 2.45) is 0 Å². The van der Waals surface area contributed by atoms with E-state index in [4.69, 9.17) is 51.1 Å². The van der Waals surface area contributed by atoms with Crippen LogP contribution in [0.15, 0.2) is 0 Å². The first-order valence-electron chi connectivity index (χ1n) is 19.3. The zero-order valence-corrected chi connectivity index (χ0v) is 40.2. The molecule has 0 atom stereocenters. The first-order chi connectivity index (χ1) is 26.3. The topological polar surface area (TPSA) is 178 Å². The Morgan fingerprint density at radius 3 is 1.28 bits per heavy atom. The molecule has 4 aliphatic rings. The largest absolute Gasteiger partial charge is 0.414 e. The molecule has 0 radical (unpaired) electrons. The second kappa shape index (κ2) is 15.2. The molecule has 4 heterocycles. The Kier molecular flexibility index (Phi) is 12.1. The van der Waals surface area contributed by atoms with Crippen LogP contribution in [0.2, 0.25) is 49.4 Å². The van der Waals surface area contributed by atoms with Crippen LogP contribution in [0.25, 0.3) is 0 Å². The Morgan fingerprint density at radius 1 is 0.655 bits per heavy atom. The number of fused-ring (bicyclic) bond motifs is 2. The first-order valence-corrected chi connectivity index (χ1v) is 27.8. The number of rotatable bonds is 6. The monoisotopic (exact) mass is 918 g/mol. The number of carbonyl (C=O) groups is 6. The molecule has 2 fully saturated rings. The highest BCUT2D eigenvalue weighted by Gasteiger charge is 2.56. The minimum Gasteiger partial charge on any atom is -0.398 e. The Labute approximate surface area is 361 Å². The van der Waals surface area contributed by atoms with Crippen LogP contribution in [-0.2, 0) is 38.5 Å². The van der Waals surface area contributed by atoms with Crippen molar-refractivity contribution >= 4 is 109 Å². The van der Waals surface area contributed by atoms with Gasteiger partial charge in [0.1, 0.15) is 11.6 Å². The standard InChI is InChI=1S/C19H27Cl3N4O4Si.C18H27ClN4O3Si/c1-11(27)26-14(23-15(28)18(8-7-9-18)31(4,5)6)12-10-25(16(29)30-19(20,21)22)17(2,3)13(12)24-26;1-11(24)23-14(20-15(25)18(8-7-9-18)27(4,5)6)12-10-22(16(19)26)17(2,3)13(12)21-23/h7-10H2,1-6H3,(H,23,28);7-10H2,1-6H3,(H,20,25). The van der Waals surface area contributed by atoms with Gasteiger partial charge in [0, 0.05) is 35.1 Å². The molecule has 2 aliphatic heterocycles. The molecule has 21 heteroatoms. The van der Waals surface area contributed by atoms with Crippen molar-refractivity contribution in [3.05, 3.63) is 22.5 Å². The second-order valence-electron chi connectivity index (χ2n) is 18.8. The number of alkyl halides is 3. The van der Waals surface area contributed by atoms with Gasteiger partial charge in [0.15, 0.2) is 0 Å². The van der Waals surface area contributed by atoms with Gasteiger partial charge in [-0.2, -0.15) is 19.6 Å². The fourth-order valence-corrected chi connectivity index (χ4v) is 14.4. The Balaban J connectivity index is 0.000000223. The van der Waals surface area contributed by atoms with Gasteiger partial charge < -0.3 is 20.3 Å². The van der Waals surface area contributed by atoms with Gasteiger partial charge in [-0.25, -0.2) is 4.79 Å². The summed E-state index contributed by atoms with van der Waals surface area (Å²) >= 11 is 22.6. The number of aromatic nitrogens is 4. The number of nitrogens with one attached hydrogen (secondary N) is 2. The van der Waals surface area contributed by atoms with Crippen molar-refractivity contribution in [2.75, 3.05) is 10.6 Å². The molecule has 320 valence electrons. The second-order valence-corrected chi connectivity index (χ2v) is 32.3. The molecule has 4 amide bonds. The van der Waals surface area contributed by atoms with Crippen LogP contribution in [0.3, 0.4) is 0 Å². The maximum absolute atomic E-state index is 13.4. The van der Waals surface area contributed by atoms with Crippen molar-refractivity contribution in [2.45, 2.75) is 158 Å². The fourth-order valence-electron chi connectivity index (χ4n) is 8.74. The third kappa shape index (κ3) is 7.76. The zero-order valence-electron chi connectivity index (χ0n) is 35.2. The lowest BCUT2D eigenvalue weighted by Crippen LogP contribution is -2.52. The highest BCUT2D eigenvalue weighted by molar-refractivity contribution is 6.83. The predicted octanol–water partition coefficient (Wildman–Crippen LogP) is 9.41. The van der Waals surface area contributed by atoms with Crippen molar-refractivity contribution in [1.29, 1.82) is 0 Å². The van der Waals surface area contributed by atoms with Crippen LogP contribution in [0.1, 0.15) is 112 Å². The van der Waals surface area contributed by atoms with Gasteiger partial charge in [0.25, 0.3) is 0 Å². The van der Waals surface area contributed by atoms with E-state index >= 15 is 0 Å². The average Bonchev–Trinajstić information content (AvgIpc) is 3.68. The van der Waals surface area contributed by atoms with E-state index in [1.165, 1.54) is 33.0 Å². The number of ether oxygens (including phenoxy) is 1. The molecule has 0 saturated heterocycles. The number of amides is 4. The van der Waals surface area contributed by atoms with Crippen molar-refractivity contribution in [1.82, 2.24) is 29.4 Å². The van der Waals surface area contributed by atoms with Gasteiger partial charge in [0.2, 0.25) is 23.6 Å². The SMILES string of the molecule is CC(=O)n1nc2c(c1NC(=O)C1([Si](C)(C)C)CCC1)CN(C(=O)Cl)C2(C)C.CC(=O)n1nc2c(c1NC(=O)C1([Si](C)(C)C)CCC1)CN(C(=O)OC(Cl)(Cl)Cl)C2(C)C. The van der Waals surface area contributed by atoms with Crippen LogP contribution in [0.5, 0.6) is 0 Å². The summed E-state index contributed by atoms with van der Waals surface area (Å²) in [6.07, 6.45) is 4.63. The lowest BCUT2D eigenvalue weighted by Gasteiger charge is -2.48. The normalized spacial score (nSPS) is 19.7. The van der Waals surface area contributed by atoms with Gasteiger partial charge in [-0.05, 0) is 99.8 Å². The Hall–Kier alpha value is -2.97. The number of hydrogen-bond acceptors (Lipinski definition) is 9. The van der Waals surface area contributed by atoms with Crippen LogP contribution in [-0.4, -0.2) is 84.6 Å². The maximum Gasteiger partial charge on any atom is 0.414 e.